The van der Waals surface area contributed by atoms with Gasteiger partial charge in [0.1, 0.15) is 0 Å². The molecule has 6 aromatic carbocycles. The molecule has 0 aliphatic carbocycles. The number of nitrogens with zero attached hydrogens (tertiary/aromatic N) is 5. The van der Waals surface area contributed by atoms with Crippen LogP contribution >= 0.6 is 11.3 Å². The monoisotopic (exact) mass is 651 g/mol. The second-order valence-corrected chi connectivity index (χ2v) is 13.3. The molecule has 0 bridgehead atoms. The number of rotatable bonds is 5. The first kappa shape index (κ1) is 29.0. The first-order valence-corrected chi connectivity index (χ1v) is 16.9. The number of benzene rings is 6. The molecule has 0 aliphatic rings. The van der Waals surface area contributed by atoms with Crippen LogP contribution in [0.2, 0.25) is 0 Å². The Morgan fingerprint density at radius 2 is 1.00 bits per heavy atom. The van der Waals surface area contributed by atoms with Gasteiger partial charge in [-0.2, -0.15) is 0 Å². The molecule has 0 fully saturated rings. The van der Waals surface area contributed by atoms with Crippen LogP contribution in [0.3, 0.4) is 0 Å². The van der Waals surface area contributed by atoms with Gasteiger partial charge in [-0.05, 0) is 40.5 Å². The maximum atomic E-state index is 12.5. The molecular weight excluding hydrogens is 623 g/mol. The molecule has 0 atom stereocenters. The summed E-state index contributed by atoms with van der Waals surface area (Å²) in [7, 11) is 3.60. The molecule has 0 saturated carbocycles. The highest BCUT2D eigenvalue weighted by molar-refractivity contribution is 7.26. The van der Waals surface area contributed by atoms with Gasteiger partial charge in [0.25, 0.3) is 0 Å². The zero-order valence-electron chi connectivity index (χ0n) is 26.8. The molecule has 0 unspecified atom stereocenters. The topological polar surface area (TPSA) is 65.6 Å². The number of fused-ring (bicyclic) bond motifs is 4. The van der Waals surface area contributed by atoms with Crippen molar-refractivity contribution < 1.29 is 0 Å². The summed E-state index contributed by atoms with van der Waals surface area (Å²) in [5, 5.41) is 2.58. The molecular formula is C42H29N5OS. The Morgan fingerprint density at radius 3 is 1.69 bits per heavy atom. The van der Waals surface area contributed by atoms with Crippen molar-refractivity contribution in [1.82, 2.24) is 24.1 Å². The van der Waals surface area contributed by atoms with Crippen molar-refractivity contribution in [2.45, 2.75) is 0 Å². The number of hydrogen-bond donors (Lipinski definition) is 0. The summed E-state index contributed by atoms with van der Waals surface area (Å²) < 4.78 is 5.94. The summed E-state index contributed by atoms with van der Waals surface area (Å²) in [6.07, 6.45) is 0. The summed E-state index contributed by atoms with van der Waals surface area (Å²) in [5.74, 6) is 1.85. The Hall–Kier alpha value is -6.18. The number of thiophene rings is 1. The van der Waals surface area contributed by atoms with Crippen LogP contribution in [-0.2, 0) is 14.1 Å². The lowest BCUT2D eigenvalue weighted by atomic mass is 10.0. The Bertz CT molecular complexity index is 2740. The minimum absolute atomic E-state index is 0.0365. The average Bonchev–Trinajstić information content (AvgIpc) is 3.65. The molecule has 3 heterocycles. The zero-order valence-corrected chi connectivity index (χ0v) is 27.6. The Labute approximate surface area is 286 Å². The molecule has 0 aliphatic heterocycles. The smallest absolute Gasteiger partial charge is 0.295 e. The molecule has 0 N–H and O–H groups in total. The van der Waals surface area contributed by atoms with Crippen molar-refractivity contribution in [2.24, 2.45) is 14.1 Å². The summed E-state index contributed by atoms with van der Waals surface area (Å²) in [4.78, 5) is 27.3. The minimum Gasteiger partial charge on any atom is -0.295 e. The van der Waals surface area contributed by atoms with Crippen LogP contribution in [0, 0.1) is 0 Å². The maximum absolute atomic E-state index is 12.5. The van der Waals surface area contributed by atoms with Crippen LogP contribution in [0.4, 0.5) is 0 Å². The van der Waals surface area contributed by atoms with Crippen LogP contribution in [0.25, 0.3) is 87.6 Å². The van der Waals surface area contributed by atoms with E-state index in [0.717, 1.165) is 44.4 Å². The van der Waals surface area contributed by atoms with Gasteiger partial charge in [0, 0.05) is 51.0 Å². The Morgan fingerprint density at radius 1 is 0.469 bits per heavy atom. The molecule has 234 valence electrons. The summed E-state index contributed by atoms with van der Waals surface area (Å²) >= 11 is 1.84. The first-order valence-electron chi connectivity index (χ1n) is 16.1. The van der Waals surface area contributed by atoms with Gasteiger partial charge in [-0.3, -0.25) is 9.13 Å². The van der Waals surface area contributed by atoms with Crippen molar-refractivity contribution in [2.75, 3.05) is 0 Å². The van der Waals surface area contributed by atoms with Crippen molar-refractivity contribution in [3.63, 3.8) is 0 Å². The van der Waals surface area contributed by atoms with Gasteiger partial charge in [0.2, 0.25) is 0 Å². The fourth-order valence-electron chi connectivity index (χ4n) is 6.62. The fourth-order valence-corrected chi connectivity index (χ4v) is 7.86. The Balaban J connectivity index is 1.10. The lowest BCUT2D eigenvalue weighted by Gasteiger charge is -2.10. The third-order valence-corrected chi connectivity index (χ3v) is 10.5. The van der Waals surface area contributed by atoms with Crippen molar-refractivity contribution >= 4 is 42.5 Å². The highest BCUT2D eigenvalue weighted by atomic mass is 32.1. The van der Waals surface area contributed by atoms with Gasteiger partial charge < -0.3 is 0 Å². The largest absolute Gasteiger partial charge is 0.328 e. The van der Waals surface area contributed by atoms with Crippen molar-refractivity contribution in [3.8, 4) is 56.4 Å². The highest BCUT2D eigenvalue weighted by Gasteiger charge is 2.15. The van der Waals surface area contributed by atoms with Crippen LogP contribution in [0.15, 0.2) is 144 Å². The van der Waals surface area contributed by atoms with Gasteiger partial charge in [-0.1, -0.05) is 121 Å². The molecule has 0 saturated heterocycles. The van der Waals surface area contributed by atoms with Crippen molar-refractivity contribution in [1.29, 1.82) is 0 Å². The molecule has 0 amide bonds. The van der Waals surface area contributed by atoms with E-state index in [0.29, 0.717) is 17.5 Å². The second kappa shape index (κ2) is 11.5. The highest BCUT2D eigenvalue weighted by Crippen LogP contribution is 2.40. The lowest BCUT2D eigenvalue weighted by molar-refractivity contribution is 0.795. The van der Waals surface area contributed by atoms with Gasteiger partial charge in [-0.25, -0.2) is 19.7 Å². The third-order valence-electron chi connectivity index (χ3n) is 9.27. The van der Waals surface area contributed by atoms with E-state index in [1.165, 1.54) is 25.7 Å². The quantitative estimate of drug-likeness (QED) is 0.186. The van der Waals surface area contributed by atoms with E-state index < -0.39 is 0 Å². The number of aromatic nitrogens is 5. The molecule has 0 radical (unpaired) electrons. The number of hydrogen-bond acceptors (Lipinski definition) is 5. The second-order valence-electron chi connectivity index (χ2n) is 12.2. The van der Waals surface area contributed by atoms with E-state index in [-0.39, 0.29) is 5.69 Å². The van der Waals surface area contributed by atoms with Gasteiger partial charge in [-0.15, -0.1) is 11.3 Å². The van der Waals surface area contributed by atoms with Gasteiger partial charge >= 0.3 is 5.69 Å². The normalized spacial score (nSPS) is 11.6. The zero-order chi connectivity index (χ0) is 33.1. The summed E-state index contributed by atoms with van der Waals surface area (Å²) in [6, 6.07) is 48.1. The van der Waals surface area contributed by atoms with Crippen LogP contribution in [-0.4, -0.2) is 24.1 Å². The molecule has 9 rings (SSSR count). The molecule has 0 spiro atoms. The predicted molar refractivity (Wildman–Crippen MR) is 202 cm³/mol. The number of imidazole rings is 1. The Kier molecular flexibility index (Phi) is 6.81. The van der Waals surface area contributed by atoms with Crippen LogP contribution < -0.4 is 5.69 Å². The summed E-state index contributed by atoms with van der Waals surface area (Å²) in [6.45, 7) is 0. The SMILES string of the molecule is Cn1c(=O)n(C)c2cc(-c3ccc(-c4nc(-c5ccccc5)nc(-c5ccc(-c6cccc7c6sc6ccccc67)cc5)n4)cc3)ccc21. The average molecular weight is 652 g/mol. The maximum Gasteiger partial charge on any atom is 0.328 e. The van der Waals surface area contributed by atoms with Gasteiger partial charge in [0.05, 0.1) is 11.0 Å². The van der Waals surface area contributed by atoms with E-state index in [2.05, 4.69) is 91.0 Å². The van der Waals surface area contributed by atoms with E-state index in [1.807, 2.05) is 59.9 Å². The van der Waals surface area contributed by atoms with Crippen LogP contribution in [0.1, 0.15) is 0 Å². The van der Waals surface area contributed by atoms with E-state index in [9.17, 15) is 4.79 Å². The predicted octanol–water partition coefficient (Wildman–Crippen LogP) is 9.76. The molecule has 9 aromatic rings. The molecule has 3 aromatic heterocycles. The molecule has 7 heteroatoms. The van der Waals surface area contributed by atoms with E-state index in [1.54, 1.807) is 23.2 Å². The van der Waals surface area contributed by atoms with Crippen molar-refractivity contribution in [3.05, 3.63) is 150 Å². The molecule has 6 nitrogen and oxygen atoms in total. The molecule has 49 heavy (non-hydrogen) atoms. The van der Waals surface area contributed by atoms with Crippen LogP contribution in [0.5, 0.6) is 0 Å². The third kappa shape index (κ3) is 4.94. The standard InChI is InChI=1S/C42H29N5OS/c1-46-35-24-23-31(25-36(35)47(2)42(46)48)26-15-19-29(20-16-26)40-43-39(28-9-4-3-5-10-28)44-41(45-40)30-21-17-27(18-22-30)32-12-8-13-34-33-11-6-7-14-37(33)49-38(32)34/h3-25H,1-2H3. The van der Waals surface area contributed by atoms with E-state index in [4.69, 9.17) is 15.0 Å². The summed E-state index contributed by atoms with van der Waals surface area (Å²) in [5.41, 5.74) is 8.97. The minimum atomic E-state index is -0.0365. The van der Waals surface area contributed by atoms with E-state index >= 15 is 0 Å². The fraction of sp³-hybridized carbons (Fsp3) is 0.0476. The lowest BCUT2D eigenvalue weighted by Crippen LogP contribution is -2.19. The first-order chi connectivity index (χ1) is 24.0. The number of aryl methyl sites for hydroxylation is 2. The van der Waals surface area contributed by atoms with Gasteiger partial charge in [0.15, 0.2) is 17.5 Å².